The molecule has 0 aromatic heterocycles. The Hall–Kier alpha value is -0.0000000000000000555. The van der Waals surface area contributed by atoms with Gasteiger partial charge < -0.3 is 9.64 Å². The highest BCUT2D eigenvalue weighted by atomic mass is 35.5. The van der Waals surface area contributed by atoms with Crippen LogP contribution in [0.2, 0.25) is 0 Å². The first-order valence-corrected chi connectivity index (χ1v) is 5.17. The van der Waals surface area contributed by atoms with Gasteiger partial charge in [0.05, 0.1) is 12.0 Å². The molecule has 92 valence electrons. The van der Waals surface area contributed by atoms with E-state index < -0.39 is 12.6 Å². The van der Waals surface area contributed by atoms with Crippen molar-refractivity contribution in [1.29, 1.82) is 0 Å². The third kappa shape index (κ3) is 10.3. The Balaban J connectivity index is 3.53. The van der Waals surface area contributed by atoms with Gasteiger partial charge in [-0.05, 0) is 20.0 Å². The van der Waals surface area contributed by atoms with Gasteiger partial charge in [-0.1, -0.05) is 0 Å². The predicted molar refractivity (Wildman–Crippen MR) is 54.3 cm³/mol. The average molecular weight is 248 g/mol. The number of methoxy groups -OCH3 is 1. The van der Waals surface area contributed by atoms with Gasteiger partial charge in [0.1, 0.15) is 0 Å². The lowest BCUT2D eigenvalue weighted by Gasteiger charge is -2.19. The van der Waals surface area contributed by atoms with Crippen LogP contribution in [0.25, 0.3) is 0 Å². The summed E-state index contributed by atoms with van der Waals surface area (Å²) in [6.45, 7) is 1.34. The maximum atomic E-state index is 11.8. The standard InChI is InChI=1S/C9H17ClF3NO/c1-14(6-8(10)7-15-2)5-3-4-9(11,12)13/h8H,3-7H2,1-2H3. The van der Waals surface area contributed by atoms with Crippen LogP contribution < -0.4 is 0 Å². The molecule has 0 rings (SSSR count). The van der Waals surface area contributed by atoms with Crippen molar-refractivity contribution in [3.05, 3.63) is 0 Å². The Kier molecular flexibility index (Phi) is 7.30. The molecule has 0 spiro atoms. The number of alkyl halides is 4. The third-order valence-corrected chi connectivity index (χ3v) is 2.12. The topological polar surface area (TPSA) is 12.5 Å². The normalized spacial score (nSPS) is 14.6. The minimum Gasteiger partial charge on any atom is -0.383 e. The molecule has 0 amide bonds. The fourth-order valence-electron chi connectivity index (χ4n) is 1.21. The van der Waals surface area contributed by atoms with Crippen LogP contribution >= 0.6 is 11.6 Å². The lowest BCUT2D eigenvalue weighted by Crippen LogP contribution is -2.30. The summed E-state index contributed by atoms with van der Waals surface area (Å²) in [5.41, 5.74) is 0. The third-order valence-electron chi connectivity index (χ3n) is 1.86. The van der Waals surface area contributed by atoms with Crippen LogP contribution in [0.5, 0.6) is 0 Å². The van der Waals surface area contributed by atoms with Crippen LogP contribution in [-0.4, -0.2) is 50.3 Å². The second-order valence-electron chi connectivity index (χ2n) is 3.53. The summed E-state index contributed by atoms with van der Waals surface area (Å²) in [5, 5.41) is -0.175. The molecule has 0 aliphatic heterocycles. The van der Waals surface area contributed by atoms with Crippen LogP contribution in [0, 0.1) is 0 Å². The first-order valence-electron chi connectivity index (χ1n) is 4.73. The van der Waals surface area contributed by atoms with Gasteiger partial charge in [-0.3, -0.25) is 0 Å². The number of nitrogens with zero attached hydrogens (tertiary/aromatic N) is 1. The number of ether oxygens (including phenoxy) is 1. The van der Waals surface area contributed by atoms with Crippen LogP contribution in [0.1, 0.15) is 12.8 Å². The predicted octanol–water partition coefficient (Wildman–Crippen LogP) is 2.51. The summed E-state index contributed by atoms with van der Waals surface area (Å²) < 4.78 is 40.3. The van der Waals surface area contributed by atoms with Crippen molar-refractivity contribution in [3.63, 3.8) is 0 Å². The molecule has 0 saturated heterocycles. The molecule has 1 atom stereocenters. The van der Waals surface area contributed by atoms with E-state index in [1.165, 1.54) is 0 Å². The average Bonchev–Trinajstić information content (AvgIpc) is 2.01. The van der Waals surface area contributed by atoms with E-state index in [1.807, 2.05) is 0 Å². The van der Waals surface area contributed by atoms with E-state index in [-0.39, 0.29) is 11.8 Å². The number of rotatable bonds is 7. The van der Waals surface area contributed by atoms with Gasteiger partial charge in [0, 0.05) is 20.1 Å². The molecular weight excluding hydrogens is 231 g/mol. The van der Waals surface area contributed by atoms with Crippen molar-refractivity contribution >= 4 is 11.6 Å². The van der Waals surface area contributed by atoms with E-state index in [2.05, 4.69) is 0 Å². The van der Waals surface area contributed by atoms with E-state index in [0.29, 0.717) is 19.7 Å². The number of hydrogen-bond donors (Lipinski definition) is 0. The zero-order chi connectivity index (χ0) is 11.9. The van der Waals surface area contributed by atoms with Gasteiger partial charge in [-0.2, -0.15) is 13.2 Å². The molecule has 2 nitrogen and oxygen atoms in total. The molecule has 15 heavy (non-hydrogen) atoms. The molecule has 0 N–H and O–H groups in total. The molecule has 0 aromatic carbocycles. The Morgan fingerprint density at radius 2 is 2.00 bits per heavy atom. The maximum absolute atomic E-state index is 11.8. The molecule has 0 heterocycles. The van der Waals surface area contributed by atoms with Crippen molar-refractivity contribution in [2.45, 2.75) is 24.4 Å². The highest BCUT2D eigenvalue weighted by molar-refractivity contribution is 6.20. The zero-order valence-electron chi connectivity index (χ0n) is 8.98. The molecule has 1 unspecified atom stereocenters. The van der Waals surface area contributed by atoms with Crippen molar-refractivity contribution < 1.29 is 17.9 Å². The molecule has 0 aromatic rings. The van der Waals surface area contributed by atoms with Gasteiger partial charge in [-0.15, -0.1) is 11.6 Å². The second-order valence-corrected chi connectivity index (χ2v) is 4.15. The lowest BCUT2D eigenvalue weighted by atomic mass is 10.3. The van der Waals surface area contributed by atoms with Crippen molar-refractivity contribution in [2.75, 3.05) is 33.9 Å². The van der Waals surface area contributed by atoms with Crippen LogP contribution in [0.15, 0.2) is 0 Å². The molecule has 0 aliphatic carbocycles. The Morgan fingerprint density at radius 1 is 1.40 bits per heavy atom. The minimum atomic E-state index is -4.06. The first-order chi connectivity index (χ1) is 6.85. The zero-order valence-corrected chi connectivity index (χ0v) is 9.74. The SMILES string of the molecule is COCC(Cl)CN(C)CCCC(F)(F)F. The van der Waals surface area contributed by atoms with E-state index >= 15 is 0 Å². The minimum absolute atomic E-state index is 0.108. The molecule has 0 radical (unpaired) electrons. The van der Waals surface area contributed by atoms with Gasteiger partial charge in [0.2, 0.25) is 0 Å². The van der Waals surface area contributed by atoms with Crippen LogP contribution in [-0.2, 0) is 4.74 Å². The monoisotopic (exact) mass is 247 g/mol. The molecule has 6 heteroatoms. The second kappa shape index (κ2) is 7.30. The van der Waals surface area contributed by atoms with E-state index in [1.54, 1.807) is 19.1 Å². The Labute approximate surface area is 93.3 Å². The van der Waals surface area contributed by atoms with Gasteiger partial charge in [0.25, 0.3) is 0 Å². The summed E-state index contributed by atoms with van der Waals surface area (Å²) in [4.78, 5) is 1.78. The van der Waals surface area contributed by atoms with E-state index in [0.717, 1.165) is 0 Å². The fourth-order valence-corrected chi connectivity index (χ4v) is 1.57. The molecule has 0 aliphatic rings. The smallest absolute Gasteiger partial charge is 0.383 e. The summed E-state index contributed by atoms with van der Waals surface area (Å²) in [7, 11) is 3.29. The molecule has 0 saturated carbocycles. The fraction of sp³-hybridized carbons (Fsp3) is 1.00. The summed E-state index contributed by atoms with van der Waals surface area (Å²) >= 11 is 5.86. The first kappa shape index (κ1) is 15.0. The largest absolute Gasteiger partial charge is 0.389 e. The summed E-state index contributed by atoms with van der Waals surface area (Å²) in [6.07, 6.45) is -4.70. The maximum Gasteiger partial charge on any atom is 0.389 e. The van der Waals surface area contributed by atoms with E-state index in [4.69, 9.17) is 16.3 Å². The van der Waals surface area contributed by atoms with Gasteiger partial charge in [-0.25, -0.2) is 0 Å². The molecular formula is C9H17ClF3NO. The molecule has 0 bridgehead atoms. The summed E-state index contributed by atoms with van der Waals surface area (Å²) in [6, 6.07) is 0. The van der Waals surface area contributed by atoms with Crippen molar-refractivity contribution in [1.82, 2.24) is 4.90 Å². The molecule has 0 fully saturated rings. The highest BCUT2D eigenvalue weighted by Crippen LogP contribution is 2.21. The van der Waals surface area contributed by atoms with Crippen LogP contribution in [0.4, 0.5) is 13.2 Å². The Morgan fingerprint density at radius 3 is 2.47 bits per heavy atom. The van der Waals surface area contributed by atoms with Crippen molar-refractivity contribution in [3.8, 4) is 0 Å². The number of halogens is 4. The Bertz CT molecular complexity index is 166. The highest BCUT2D eigenvalue weighted by Gasteiger charge is 2.26. The lowest BCUT2D eigenvalue weighted by molar-refractivity contribution is -0.136. The van der Waals surface area contributed by atoms with Gasteiger partial charge in [0.15, 0.2) is 0 Å². The number of hydrogen-bond acceptors (Lipinski definition) is 2. The van der Waals surface area contributed by atoms with Crippen LogP contribution in [0.3, 0.4) is 0 Å². The quantitative estimate of drug-likeness (QED) is 0.641. The summed E-state index contributed by atoms with van der Waals surface area (Å²) in [5.74, 6) is 0. The van der Waals surface area contributed by atoms with Crippen molar-refractivity contribution in [2.24, 2.45) is 0 Å². The van der Waals surface area contributed by atoms with E-state index in [9.17, 15) is 13.2 Å². The van der Waals surface area contributed by atoms with Gasteiger partial charge >= 0.3 is 6.18 Å².